The lowest BCUT2D eigenvalue weighted by Crippen LogP contribution is -2.41. The number of allylic oxidation sites excluding steroid dienone is 1. The summed E-state index contributed by atoms with van der Waals surface area (Å²) < 4.78 is 0. The molecule has 0 atom stereocenters. The maximum Gasteiger partial charge on any atom is 0.323 e. The Morgan fingerprint density at radius 2 is 2.00 bits per heavy atom. The van der Waals surface area contributed by atoms with E-state index in [1.807, 2.05) is 0 Å². The van der Waals surface area contributed by atoms with Crippen LogP contribution in [0.15, 0.2) is 12.7 Å². The van der Waals surface area contributed by atoms with Gasteiger partial charge in [0.05, 0.1) is 6.42 Å². The van der Waals surface area contributed by atoms with Gasteiger partial charge in [0.25, 0.3) is 0 Å². The van der Waals surface area contributed by atoms with E-state index in [-0.39, 0.29) is 12.8 Å². The van der Waals surface area contributed by atoms with Gasteiger partial charge >= 0.3 is 12.0 Å². The Morgan fingerprint density at radius 3 is 2.53 bits per heavy atom. The SMILES string of the molecule is C=CCCCN(C)C(=O)NC(=O)CCC(=O)O. The zero-order valence-electron chi connectivity index (χ0n) is 9.94. The molecule has 0 aromatic heterocycles. The Morgan fingerprint density at radius 1 is 1.35 bits per heavy atom. The number of aliphatic carboxylic acids is 1. The lowest BCUT2D eigenvalue weighted by molar-refractivity contribution is -0.138. The van der Waals surface area contributed by atoms with Crippen LogP contribution in [-0.4, -0.2) is 41.5 Å². The monoisotopic (exact) mass is 242 g/mol. The Balaban J connectivity index is 3.86. The van der Waals surface area contributed by atoms with Gasteiger partial charge in [-0.05, 0) is 12.8 Å². The minimum absolute atomic E-state index is 0.193. The van der Waals surface area contributed by atoms with E-state index < -0.39 is 17.9 Å². The average molecular weight is 242 g/mol. The van der Waals surface area contributed by atoms with Crippen LogP contribution in [-0.2, 0) is 9.59 Å². The summed E-state index contributed by atoms with van der Waals surface area (Å²) in [6.07, 6.45) is 2.85. The summed E-state index contributed by atoms with van der Waals surface area (Å²) in [6, 6.07) is -0.510. The number of carboxylic acids is 1. The molecule has 0 saturated carbocycles. The van der Waals surface area contributed by atoms with E-state index in [9.17, 15) is 14.4 Å². The predicted molar refractivity (Wildman–Crippen MR) is 62.5 cm³/mol. The summed E-state index contributed by atoms with van der Waals surface area (Å²) in [5.74, 6) is -1.64. The zero-order chi connectivity index (χ0) is 13.3. The van der Waals surface area contributed by atoms with Crippen molar-refractivity contribution < 1.29 is 19.5 Å². The maximum atomic E-state index is 11.4. The highest BCUT2D eigenvalue weighted by atomic mass is 16.4. The number of carbonyl (C=O) groups excluding carboxylic acids is 2. The number of urea groups is 1. The molecular formula is C11H18N2O4. The molecule has 0 aliphatic carbocycles. The molecule has 0 bridgehead atoms. The van der Waals surface area contributed by atoms with Gasteiger partial charge in [0.1, 0.15) is 0 Å². The first kappa shape index (κ1) is 15.2. The smallest absolute Gasteiger partial charge is 0.323 e. The third-order valence-electron chi connectivity index (χ3n) is 2.06. The van der Waals surface area contributed by atoms with Gasteiger partial charge in [0.15, 0.2) is 0 Å². The largest absolute Gasteiger partial charge is 0.481 e. The molecule has 17 heavy (non-hydrogen) atoms. The number of amides is 3. The van der Waals surface area contributed by atoms with Crippen LogP contribution in [0.25, 0.3) is 0 Å². The maximum absolute atomic E-state index is 11.4. The molecule has 0 aliphatic heterocycles. The molecule has 0 radical (unpaired) electrons. The summed E-state index contributed by atoms with van der Waals surface area (Å²) in [5, 5.41) is 10.5. The van der Waals surface area contributed by atoms with Crippen LogP contribution in [0.3, 0.4) is 0 Å². The fraction of sp³-hybridized carbons (Fsp3) is 0.545. The molecular weight excluding hydrogens is 224 g/mol. The van der Waals surface area contributed by atoms with E-state index >= 15 is 0 Å². The molecule has 0 aromatic carbocycles. The fourth-order valence-corrected chi connectivity index (χ4v) is 1.07. The number of carbonyl (C=O) groups is 3. The van der Waals surface area contributed by atoms with Gasteiger partial charge in [-0.1, -0.05) is 6.08 Å². The summed E-state index contributed by atoms with van der Waals surface area (Å²) in [4.78, 5) is 34.2. The standard InChI is InChI=1S/C11H18N2O4/c1-3-4-5-8-13(2)11(17)12-9(14)6-7-10(15)16/h3H,1,4-8H2,2H3,(H,15,16)(H,12,14,17). The van der Waals surface area contributed by atoms with Crippen LogP contribution in [0.1, 0.15) is 25.7 Å². The Kier molecular flexibility index (Phi) is 7.41. The van der Waals surface area contributed by atoms with E-state index in [0.29, 0.717) is 6.54 Å². The second-order valence-electron chi connectivity index (χ2n) is 3.60. The first-order valence-electron chi connectivity index (χ1n) is 5.35. The fourth-order valence-electron chi connectivity index (χ4n) is 1.07. The number of nitrogens with one attached hydrogen (secondary N) is 1. The molecule has 0 saturated heterocycles. The highest BCUT2D eigenvalue weighted by Crippen LogP contribution is 1.95. The van der Waals surface area contributed by atoms with Crippen LogP contribution < -0.4 is 5.32 Å². The van der Waals surface area contributed by atoms with Crippen molar-refractivity contribution in [3.8, 4) is 0 Å². The van der Waals surface area contributed by atoms with Crippen molar-refractivity contribution in [1.29, 1.82) is 0 Å². The number of imide groups is 1. The molecule has 6 nitrogen and oxygen atoms in total. The molecule has 0 rings (SSSR count). The van der Waals surface area contributed by atoms with Gasteiger partial charge in [-0.15, -0.1) is 6.58 Å². The number of carboxylic acid groups (broad SMARTS) is 1. The van der Waals surface area contributed by atoms with Crippen LogP contribution in [0.2, 0.25) is 0 Å². The van der Waals surface area contributed by atoms with Crippen molar-refractivity contribution in [1.82, 2.24) is 10.2 Å². The lowest BCUT2D eigenvalue weighted by atomic mass is 10.3. The quantitative estimate of drug-likeness (QED) is 0.514. The van der Waals surface area contributed by atoms with Gasteiger partial charge in [0, 0.05) is 20.0 Å². The molecule has 0 unspecified atom stereocenters. The second-order valence-corrected chi connectivity index (χ2v) is 3.60. The molecule has 0 fully saturated rings. The summed E-state index contributed by atoms with van der Waals surface area (Å²) >= 11 is 0. The van der Waals surface area contributed by atoms with Gasteiger partial charge in [-0.2, -0.15) is 0 Å². The Hall–Kier alpha value is -1.85. The van der Waals surface area contributed by atoms with Gasteiger partial charge < -0.3 is 10.0 Å². The van der Waals surface area contributed by atoms with Crippen molar-refractivity contribution in [2.45, 2.75) is 25.7 Å². The van der Waals surface area contributed by atoms with Crippen LogP contribution >= 0.6 is 0 Å². The summed E-state index contributed by atoms with van der Waals surface area (Å²) in [6.45, 7) is 4.08. The molecule has 6 heteroatoms. The van der Waals surface area contributed by atoms with Crippen molar-refractivity contribution in [2.75, 3.05) is 13.6 Å². The Labute approximate surface area is 100 Å². The van der Waals surface area contributed by atoms with E-state index in [4.69, 9.17) is 5.11 Å². The van der Waals surface area contributed by atoms with E-state index in [1.54, 1.807) is 13.1 Å². The lowest BCUT2D eigenvalue weighted by Gasteiger charge is -2.16. The van der Waals surface area contributed by atoms with Crippen LogP contribution in [0.4, 0.5) is 4.79 Å². The zero-order valence-corrected chi connectivity index (χ0v) is 9.94. The molecule has 2 N–H and O–H groups in total. The molecule has 0 spiro atoms. The van der Waals surface area contributed by atoms with Crippen molar-refractivity contribution in [3.05, 3.63) is 12.7 Å². The van der Waals surface area contributed by atoms with Gasteiger partial charge in [-0.25, -0.2) is 4.79 Å². The highest BCUT2D eigenvalue weighted by molar-refractivity contribution is 5.95. The van der Waals surface area contributed by atoms with Gasteiger partial charge in [0.2, 0.25) is 5.91 Å². The van der Waals surface area contributed by atoms with Crippen molar-refractivity contribution in [2.24, 2.45) is 0 Å². The molecule has 3 amide bonds. The number of hydrogen-bond donors (Lipinski definition) is 2. The third-order valence-corrected chi connectivity index (χ3v) is 2.06. The first-order valence-corrected chi connectivity index (χ1v) is 5.35. The minimum Gasteiger partial charge on any atom is -0.481 e. The minimum atomic E-state index is -1.06. The number of hydrogen-bond acceptors (Lipinski definition) is 3. The summed E-state index contributed by atoms with van der Waals surface area (Å²) in [7, 11) is 1.57. The second kappa shape index (κ2) is 8.32. The number of unbranched alkanes of at least 4 members (excludes halogenated alkanes) is 1. The molecule has 96 valence electrons. The molecule has 0 aliphatic rings. The third kappa shape index (κ3) is 8.01. The molecule has 0 aromatic rings. The number of nitrogens with zero attached hydrogens (tertiary/aromatic N) is 1. The molecule has 0 heterocycles. The van der Waals surface area contributed by atoms with E-state index in [0.717, 1.165) is 12.8 Å². The van der Waals surface area contributed by atoms with Crippen LogP contribution in [0, 0.1) is 0 Å². The van der Waals surface area contributed by atoms with Gasteiger partial charge in [-0.3, -0.25) is 14.9 Å². The normalized spacial score (nSPS) is 9.47. The van der Waals surface area contributed by atoms with Crippen molar-refractivity contribution in [3.63, 3.8) is 0 Å². The van der Waals surface area contributed by atoms with E-state index in [2.05, 4.69) is 11.9 Å². The first-order chi connectivity index (χ1) is 7.97. The number of rotatable bonds is 7. The topological polar surface area (TPSA) is 86.7 Å². The predicted octanol–water partition coefficient (Wildman–Crippen LogP) is 0.985. The Bertz CT molecular complexity index is 302. The highest BCUT2D eigenvalue weighted by Gasteiger charge is 2.12. The van der Waals surface area contributed by atoms with Crippen LogP contribution in [0.5, 0.6) is 0 Å². The van der Waals surface area contributed by atoms with Crippen molar-refractivity contribution >= 4 is 17.9 Å². The van der Waals surface area contributed by atoms with E-state index in [1.165, 1.54) is 4.90 Å². The average Bonchev–Trinajstić information content (AvgIpc) is 2.26. The summed E-state index contributed by atoms with van der Waals surface area (Å²) in [5.41, 5.74) is 0.